The number of carbonyl (C=O) groups is 2. The lowest BCUT2D eigenvalue weighted by Crippen LogP contribution is -2.42. The van der Waals surface area contributed by atoms with Crippen LogP contribution in [0.25, 0.3) is 0 Å². The Hall–Kier alpha value is -1.84. The molecule has 1 saturated heterocycles. The smallest absolute Gasteiger partial charge is 0.328 e. The average molecular weight is 258 g/mol. The summed E-state index contributed by atoms with van der Waals surface area (Å²) < 4.78 is 0. The Morgan fingerprint density at radius 2 is 2.05 bits per heavy atom. The monoisotopic (exact) mass is 258 g/mol. The fraction of sp³-hybridized carbons (Fsp3) is 0.467. The predicted molar refractivity (Wildman–Crippen MR) is 73.0 cm³/mol. The summed E-state index contributed by atoms with van der Waals surface area (Å²) >= 11 is 0. The molecule has 2 aliphatic rings. The Labute approximate surface area is 112 Å². The molecular weight excluding hydrogens is 240 g/mol. The molecule has 1 aliphatic heterocycles. The van der Waals surface area contributed by atoms with E-state index in [1.807, 2.05) is 31.2 Å². The number of hydrogen-bond acceptors (Lipinski definition) is 2. The van der Waals surface area contributed by atoms with E-state index in [1.165, 1.54) is 4.90 Å². The third-order valence-corrected chi connectivity index (χ3v) is 4.27. The highest BCUT2D eigenvalue weighted by molar-refractivity contribution is 6.15. The quantitative estimate of drug-likeness (QED) is 0.841. The van der Waals surface area contributed by atoms with Crippen LogP contribution in [0.3, 0.4) is 0 Å². The summed E-state index contributed by atoms with van der Waals surface area (Å²) in [5.41, 5.74) is 1.73. The maximum atomic E-state index is 12.4. The van der Waals surface area contributed by atoms with Gasteiger partial charge in [0.1, 0.15) is 0 Å². The van der Waals surface area contributed by atoms with Gasteiger partial charge in [0.2, 0.25) is 5.91 Å². The van der Waals surface area contributed by atoms with E-state index in [1.54, 1.807) is 0 Å². The second kappa shape index (κ2) is 4.37. The van der Waals surface area contributed by atoms with Crippen molar-refractivity contribution in [3.8, 4) is 0 Å². The third-order valence-electron chi connectivity index (χ3n) is 4.27. The zero-order valence-corrected chi connectivity index (χ0v) is 11.1. The van der Waals surface area contributed by atoms with E-state index < -0.39 is 0 Å². The number of rotatable bonds is 1. The molecule has 1 aromatic rings. The third kappa shape index (κ3) is 2.11. The first-order valence-corrected chi connectivity index (χ1v) is 6.77. The zero-order valence-electron chi connectivity index (χ0n) is 11.1. The van der Waals surface area contributed by atoms with Gasteiger partial charge in [0, 0.05) is 13.0 Å². The summed E-state index contributed by atoms with van der Waals surface area (Å²) in [4.78, 5) is 25.9. The minimum Gasteiger partial charge on any atom is -0.337 e. The topological polar surface area (TPSA) is 49.4 Å². The molecule has 0 aromatic heterocycles. The van der Waals surface area contributed by atoms with Crippen molar-refractivity contribution in [3.05, 3.63) is 29.8 Å². The van der Waals surface area contributed by atoms with Gasteiger partial charge in [-0.3, -0.25) is 4.79 Å². The first kappa shape index (κ1) is 12.2. The van der Waals surface area contributed by atoms with E-state index in [0.717, 1.165) is 24.8 Å². The van der Waals surface area contributed by atoms with Crippen LogP contribution in [0.5, 0.6) is 0 Å². The second-order valence-electron chi connectivity index (χ2n) is 5.76. The van der Waals surface area contributed by atoms with Crippen molar-refractivity contribution in [2.24, 2.45) is 5.41 Å². The normalized spacial score (nSPS) is 21.8. The Bertz CT molecular complexity index is 535. The molecule has 4 heteroatoms. The van der Waals surface area contributed by atoms with Gasteiger partial charge in [-0.1, -0.05) is 18.6 Å². The molecule has 1 N–H and O–H groups in total. The van der Waals surface area contributed by atoms with Gasteiger partial charge in [0.05, 0.1) is 5.69 Å². The van der Waals surface area contributed by atoms with Gasteiger partial charge in [-0.15, -0.1) is 0 Å². The molecule has 0 atom stereocenters. The van der Waals surface area contributed by atoms with Gasteiger partial charge in [-0.2, -0.15) is 0 Å². The Morgan fingerprint density at radius 3 is 2.68 bits per heavy atom. The van der Waals surface area contributed by atoms with Crippen LogP contribution in [0.1, 0.15) is 31.2 Å². The molecule has 100 valence electrons. The fourth-order valence-corrected chi connectivity index (χ4v) is 2.98. The number of amides is 3. The molecular formula is C15H18N2O2. The highest BCUT2D eigenvalue weighted by Crippen LogP contribution is 2.45. The molecule has 3 amide bonds. The zero-order chi connectivity index (χ0) is 13.5. The molecule has 2 fully saturated rings. The highest BCUT2D eigenvalue weighted by Gasteiger charge is 2.44. The Kier molecular flexibility index (Phi) is 2.81. The Balaban J connectivity index is 1.91. The van der Waals surface area contributed by atoms with Gasteiger partial charge < -0.3 is 5.32 Å². The number of benzene rings is 1. The Morgan fingerprint density at radius 1 is 1.26 bits per heavy atom. The van der Waals surface area contributed by atoms with Crippen LogP contribution in [0, 0.1) is 12.3 Å². The summed E-state index contributed by atoms with van der Waals surface area (Å²) in [6, 6.07) is 7.21. The van der Waals surface area contributed by atoms with Gasteiger partial charge in [-0.05, 0) is 42.9 Å². The first-order valence-electron chi connectivity index (χ1n) is 6.77. The van der Waals surface area contributed by atoms with E-state index in [-0.39, 0.29) is 17.4 Å². The van der Waals surface area contributed by atoms with Crippen LogP contribution < -0.4 is 10.2 Å². The number of imide groups is 1. The van der Waals surface area contributed by atoms with E-state index in [0.29, 0.717) is 18.7 Å². The molecule has 1 aliphatic carbocycles. The summed E-state index contributed by atoms with van der Waals surface area (Å²) in [5.74, 6) is -0.0831. The molecule has 0 bridgehead atoms. The van der Waals surface area contributed by atoms with E-state index in [4.69, 9.17) is 0 Å². The molecule has 3 rings (SSSR count). The van der Waals surface area contributed by atoms with Crippen molar-refractivity contribution in [1.29, 1.82) is 0 Å². The van der Waals surface area contributed by atoms with Crippen LogP contribution in [0.15, 0.2) is 24.3 Å². The summed E-state index contributed by atoms with van der Waals surface area (Å²) in [5, 5.41) is 2.90. The SMILES string of the molecule is Cc1cccc(N2C(=O)CC3(CCC3)CNC2=O)c1. The lowest BCUT2D eigenvalue weighted by atomic mass is 9.66. The van der Waals surface area contributed by atoms with Gasteiger partial charge in [0.15, 0.2) is 0 Å². The standard InChI is InChI=1S/C15H18N2O2/c1-11-4-2-5-12(8-11)17-13(18)9-15(6-3-7-15)10-16-14(17)19/h2,4-5,8H,3,6-7,9-10H2,1H3,(H,16,19). The van der Waals surface area contributed by atoms with Gasteiger partial charge in [-0.25, -0.2) is 9.69 Å². The van der Waals surface area contributed by atoms with Crippen LogP contribution in [0.4, 0.5) is 10.5 Å². The molecule has 4 nitrogen and oxygen atoms in total. The minimum atomic E-state index is -0.292. The van der Waals surface area contributed by atoms with Crippen molar-refractivity contribution in [2.45, 2.75) is 32.6 Å². The molecule has 0 radical (unpaired) electrons. The predicted octanol–water partition coefficient (Wildman–Crippen LogP) is 2.61. The number of anilines is 1. The van der Waals surface area contributed by atoms with Crippen LogP contribution >= 0.6 is 0 Å². The number of urea groups is 1. The summed E-state index contributed by atoms with van der Waals surface area (Å²) in [6.07, 6.45) is 3.72. The maximum Gasteiger partial charge on any atom is 0.328 e. The molecule has 0 unspecified atom stereocenters. The lowest BCUT2D eigenvalue weighted by molar-refractivity contribution is -0.120. The largest absolute Gasteiger partial charge is 0.337 e. The number of aryl methyl sites for hydroxylation is 1. The number of nitrogens with one attached hydrogen (secondary N) is 1. The lowest BCUT2D eigenvalue weighted by Gasteiger charge is -2.39. The highest BCUT2D eigenvalue weighted by atomic mass is 16.2. The van der Waals surface area contributed by atoms with E-state index >= 15 is 0 Å². The van der Waals surface area contributed by atoms with E-state index in [9.17, 15) is 9.59 Å². The van der Waals surface area contributed by atoms with Crippen molar-refractivity contribution < 1.29 is 9.59 Å². The summed E-state index contributed by atoms with van der Waals surface area (Å²) in [6.45, 7) is 2.58. The number of nitrogens with zero attached hydrogens (tertiary/aromatic N) is 1. The van der Waals surface area contributed by atoms with Crippen LogP contribution in [-0.4, -0.2) is 18.5 Å². The molecule has 1 heterocycles. The van der Waals surface area contributed by atoms with Gasteiger partial charge >= 0.3 is 6.03 Å². The van der Waals surface area contributed by atoms with Gasteiger partial charge in [0.25, 0.3) is 0 Å². The minimum absolute atomic E-state index is 0.0192. The van der Waals surface area contributed by atoms with Crippen molar-refractivity contribution >= 4 is 17.6 Å². The molecule has 1 saturated carbocycles. The fourth-order valence-electron chi connectivity index (χ4n) is 2.98. The molecule has 1 aromatic carbocycles. The van der Waals surface area contributed by atoms with Crippen molar-refractivity contribution in [3.63, 3.8) is 0 Å². The van der Waals surface area contributed by atoms with Crippen LogP contribution in [0.2, 0.25) is 0 Å². The maximum absolute atomic E-state index is 12.4. The van der Waals surface area contributed by atoms with Crippen molar-refractivity contribution in [2.75, 3.05) is 11.4 Å². The molecule has 19 heavy (non-hydrogen) atoms. The second-order valence-corrected chi connectivity index (χ2v) is 5.76. The number of carbonyl (C=O) groups excluding carboxylic acids is 2. The first-order chi connectivity index (χ1) is 9.10. The molecule has 1 spiro atoms. The summed E-state index contributed by atoms with van der Waals surface area (Å²) in [7, 11) is 0. The van der Waals surface area contributed by atoms with E-state index in [2.05, 4.69) is 5.32 Å². The van der Waals surface area contributed by atoms with Crippen LogP contribution in [-0.2, 0) is 4.79 Å². The van der Waals surface area contributed by atoms with Crippen molar-refractivity contribution in [1.82, 2.24) is 5.32 Å². The average Bonchev–Trinajstić information content (AvgIpc) is 2.45. The number of hydrogen-bond donors (Lipinski definition) is 1.